The molecule has 0 bridgehead atoms. The molecule has 0 N–H and O–H groups in total. The van der Waals surface area contributed by atoms with Gasteiger partial charge in [-0.15, -0.1) is 0 Å². The van der Waals surface area contributed by atoms with Crippen molar-refractivity contribution in [3.8, 4) is 11.5 Å². The highest BCUT2D eigenvalue weighted by atomic mass is 35.5. The first-order valence-corrected chi connectivity index (χ1v) is 7.97. The first-order chi connectivity index (χ1) is 9.83. The van der Waals surface area contributed by atoms with Crippen LogP contribution in [0.25, 0.3) is 0 Å². The Bertz CT molecular complexity index is 769. The van der Waals surface area contributed by atoms with Crippen LogP contribution in [0.4, 0.5) is 0 Å². The molecule has 0 atom stereocenters. The topological polar surface area (TPSA) is 52.6 Å². The summed E-state index contributed by atoms with van der Waals surface area (Å²) in [4.78, 5) is 0.0783. The maximum atomic E-state index is 12.4. The van der Waals surface area contributed by atoms with Crippen LogP contribution in [-0.4, -0.2) is 15.5 Å². The molecule has 0 spiro atoms. The van der Waals surface area contributed by atoms with Crippen molar-refractivity contribution in [3.05, 3.63) is 52.5 Å². The third-order valence-corrected chi connectivity index (χ3v) is 4.56. The summed E-state index contributed by atoms with van der Waals surface area (Å²) in [6.45, 7) is 3.54. The highest BCUT2D eigenvalue weighted by molar-refractivity contribution is 7.87. The van der Waals surface area contributed by atoms with Crippen molar-refractivity contribution in [1.29, 1.82) is 0 Å². The molecular weight excluding hydrogens is 312 g/mol. The van der Waals surface area contributed by atoms with E-state index in [4.69, 9.17) is 20.5 Å². The molecular formula is C15H15ClO4S. The monoisotopic (exact) mass is 326 g/mol. The second-order valence-corrected chi connectivity index (χ2v) is 6.55. The predicted molar refractivity (Wildman–Crippen MR) is 81.7 cm³/mol. The van der Waals surface area contributed by atoms with Gasteiger partial charge < -0.3 is 8.92 Å². The molecule has 2 aromatic carbocycles. The summed E-state index contributed by atoms with van der Waals surface area (Å²) in [6, 6.07) is 9.54. The lowest BCUT2D eigenvalue weighted by Gasteiger charge is -2.12. The van der Waals surface area contributed by atoms with Gasteiger partial charge in [-0.1, -0.05) is 17.7 Å². The van der Waals surface area contributed by atoms with E-state index >= 15 is 0 Å². The van der Waals surface area contributed by atoms with Gasteiger partial charge in [-0.25, -0.2) is 0 Å². The molecule has 0 radical (unpaired) electrons. The molecule has 4 nitrogen and oxygen atoms in total. The standard InChI is InChI=1S/C15H15ClO4S/c1-10-4-6-13(14(8-10)19-3)20-21(17,18)15-7-5-12(16)9-11(15)2/h4-9H,1-3H3. The van der Waals surface area contributed by atoms with Crippen molar-refractivity contribution in [3.63, 3.8) is 0 Å². The second kappa shape index (κ2) is 5.95. The zero-order valence-corrected chi connectivity index (χ0v) is 13.5. The number of benzene rings is 2. The third kappa shape index (κ3) is 3.49. The summed E-state index contributed by atoms with van der Waals surface area (Å²) < 4.78 is 35.1. The van der Waals surface area contributed by atoms with E-state index in [1.165, 1.54) is 19.2 Å². The largest absolute Gasteiger partial charge is 0.493 e. The molecule has 0 unspecified atom stereocenters. The van der Waals surface area contributed by atoms with E-state index in [9.17, 15) is 8.42 Å². The van der Waals surface area contributed by atoms with E-state index in [0.717, 1.165) is 5.56 Å². The molecule has 0 aromatic heterocycles. The molecule has 0 fully saturated rings. The number of hydrogen-bond donors (Lipinski definition) is 0. The van der Waals surface area contributed by atoms with Crippen molar-refractivity contribution in [2.75, 3.05) is 7.11 Å². The van der Waals surface area contributed by atoms with E-state index < -0.39 is 10.1 Å². The normalized spacial score (nSPS) is 11.2. The van der Waals surface area contributed by atoms with Gasteiger partial charge in [0.1, 0.15) is 4.90 Å². The van der Waals surface area contributed by atoms with E-state index in [-0.39, 0.29) is 10.6 Å². The zero-order valence-electron chi connectivity index (χ0n) is 11.9. The van der Waals surface area contributed by atoms with Gasteiger partial charge in [0.2, 0.25) is 0 Å². The Labute approximate surface area is 129 Å². The number of methoxy groups -OCH3 is 1. The van der Waals surface area contributed by atoms with E-state index in [2.05, 4.69) is 0 Å². The summed E-state index contributed by atoms with van der Waals surface area (Å²) in [5.74, 6) is 0.516. The van der Waals surface area contributed by atoms with Crippen LogP contribution in [0.5, 0.6) is 11.5 Å². The average Bonchev–Trinajstić information content (AvgIpc) is 2.40. The number of hydrogen-bond acceptors (Lipinski definition) is 4. The summed E-state index contributed by atoms with van der Waals surface area (Å²) in [6.07, 6.45) is 0. The van der Waals surface area contributed by atoms with Crippen molar-refractivity contribution in [2.45, 2.75) is 18.7 Å². The van der Waals surface area contributed by atoms with Crippen molar-refractivity contribution >= 4 is 21.7 Å². The SMILES string of the molecule is COc1cc(C)ccc1OS(=O)(=O)c1ccc(Cl)cc1C. The highest BCUT2D eigenvalue weighted by Gasteiger charge is 2.21. The quantitative estimate of drug-likeness (QED) is 0.803. The Morgan fingerprint density at radius 1 is 1.00 bits per heavy atom. The second-order valence-electron chi connectivity index (χ2n) is 4.60. The number of ether oxygens (including phenoxy) is 1. The van der Waals surface area contributed by atoms with Crippen molar-refractivity contribution in [2.24, 2.45) is 0 Å². The lowest BCUT2D eigenvalue weighted by Crippen LogP contribution is -2.12. The maximum absolute atomic E-state index is 12.4. The summed E-state index contributed by atoms with van der Waals surface area (Å²) in [5.41, 5.74) is 1.47. The van der Waals surface area contributed by atoms with Gasteiger partial charge in [-0.05, 0) is 55.3 Å². The molecule has 2 rings (SSSR count). The molecule has 21 heavy (non-hydrogen) atoms. The van der Waals surface area contributed by atoms with Gasteiger partial charge in [0.05, 0.1) is 7.11 Å². The van der Waals surface area contributed by atoms with Crippen LogP contribution in [0.1, 0.15) is 11.1 Å². The van der Waals surface area contributed by atoms with Crippen LogP contribution in [0.2, 0.25) is 5.02 Å². The van der Waals surface area contributed by atoms with Gasteiger partial charge in [0.15, 0.2) is 11.5 Å². The summed E-state index contributed by atoms with van der Waals surface area (Å²) in [7, 11) is -2.48. The van der Waals surface area contributed by atoms with Gasteiger partial charge >= 0.3 is 10.1 Å². The highest BCUT2D eigenvalue weighted by Crippen LogP contribution is 2.31. The van der Waals surface area contributed by atoms with Crippen LogP contribution in [-0.2, 0) is 10.1 Å². The Balaban J connectivity index is 2.42. The Hall–Kier alpha value is -1.72. The maximum Gasteiger partial charge on any atom is 0.339 e. The van der Waals surface area contributed by atoms with E-state index in [1.54, 1.807) is 31.2 Å². The first-order valence-electron chi connectivity index (χ1n) is 6.19. The first kappa shape index (κ1) is 15.7. The number of aryl methyl sites for hydroxylation is 2. The molecule has 0 aliphatic carbocycles. The van der Waals surface area contributed by atoms with Gasteiger partial charge in [-0.2, -0.15) is 8.42 Å². The minimum absolute atomic E-state index is 0.0783. The van der Waals surface area contributed by atoms with Crippen molar-refractivity contribution in [1.82, 2.24) is 0 Å². The Kier molecular flexibility index (Phi) is 4.44. The van der Waals surface area contributed by atoms with Gasteiger partial charge in [0, 0.05) is 5.02 Å². The number of halogens is 1. The molecule has 0 saturated heterocycles. The molecule has 112 valence electrons. The van der Waals surface area contributed by atoms with Gasteiger partial charge in [-0.3, -0.25) is 0 Å². The molecule has 6 heteroatoms. The van der Waals surface area contributed by atoms with E-state index in [1.807, 2.05) is 6.92 Å². The fourth-order valence-corrected chi connectivity index (χ4v) is 3.28. The Morgan fingerprint density at radius 2 is 1.71 bits per heavy atom. The molecule has 0 heterocycles. The lowest BCUT2D eigenvalue weighted by atomic mass is 10.2. The van der Waals surface area contributed by atoms with Crippen molar-refractivity contribution < 1.29 is 17.3 Å². The zero-order chi connectivity index (χ0) is 15.6. The minimum Gasteiger partial charge on any atom is -0.493 e. The Morgan fingerprint density at radius 3 is 2.33 bits per heavy atom. The fraction of sp³-hybridized carbons (Fsp3) is 0.200. The molecule has 0 aliphatic rings. The summed E-state index contributed by atoms with van der Waals surface area (Å²) in [5, 5.41) is 0.472. The van der Waals surface area contributed by atoms with E-state index in [0.29, 0.717) is 16.3 Å². The van der Waals surface area contributed by atoms with Crippen LogP contribution in [0.15, 0.2) is 41.3 Å². The van der Waals surface area contributed by atoms with Gasteiger partial charge in [0.25, 0.3) is 0 Å². The molecule has 2 aromatic rings. The van der Waals surface area contributed by atoms with Crippen LogP contribution in [0.3, 0.4) is 0 Å². The predicted octanol–water partition coefficient (Wildman–Crippen LogP) is 3.73. The molecule has 0 saturated carbocycles. The fourth-order valence-electron chi connectivity index (χ4n) is 1.90. The lowest BCUT2D eigenvalue weighted by molar-refractivity contribution is 0.390. The van der Waals surface area contributed by atoms with Crippen LogP contribution >= 0.6 is 11.6 Å². The van der Waals surface area contributed by atoms with Crippen LogP contribution < -0.4 is 8.92 Å². The molecule has 0 amide bonds. The smallest absolute Gasteiger partial charge is 0.339 e. The average molecular weight is 327 g/mol. The van der Waals surface area contributed by atoms with Crippen LogP contribution in [0, 0.1) is 13.8 Å². The third-order valence-electron chi connectivity index (χ3n) is 2.92. The minimum atomic E-state index is -3.94. The summed E-state index contributed by atoms with van der Waals surface area (Å²) >= 11 is 5.84. The number of rotatable bonds is 4. The molecule has 0 aliphatic heterocycles.